The van der Waals surface area contributed by atoms with E-state index in [0.717, 1.165) is 6.07 Å². The number of carbonyl (C=O) groups excluding carboxylic acids is 1. The van der Waals surface area contributed by atoms with E-state index in [1.54, 1.807) is 12.1 Å². The molecule has 0 bridgehead atoms. The minimum Gasteiger partial charge on any atom is -0.465 e. The van der Waals surface area contributed by atoms with Gasteiger partial charge in [0.2, 0.25) is 0 Å². The Morgan fingerprint density at radius 3 is 2.52 bits per heavy atom. The van der Waals surface area contributed by atoms with E-state index in [9.17, 15) is 14.3 Å². The monoisotopic (exact) mass is 372 g/mol. The lowest BCUT2D eigenvalue weighted by molar-refractivity contribution is 0.0600. The maximum atomic E-state index is 13.0. The zero-order chi connectivity index (χ0) is 15.6. The Labute approximate surface area is 134 Å². The molecule has 0 aromatic heterocycles. The predicted octanol–water partition coefficient (Wildman–Crippen LogP) is 4.11. The Morgan fingerprint density at radius 2 is 1.95 bits per heavy atom. The average Bonchev–Trinajstić information content (AvgIpc) is 2.45. The number of rotatable bonds is 3. The van der Waals surface area contributed by atoms with Crippen molar-refractivity contribution < 1.29 is 19.0 Å². The quantitative estimate of drug-likeness (QED) is 0.824. The van der Waals surface area contributed by atoms with Crippen LogP contribution in [0.5, 0.6) is 0 Å². The van der Waals surface area contributed by atoms with Crippen molar-refractivity contribution in [3.63, 3.8) is 0 Å². The van der Waals surface area contributed by atoms with Crippen LogP contribution in [0, 0.1) is 5.82 Å². The van der Waals surface area contributed by atoms with Gasteiger partial charge in [-0.25, -0.2) is 9.18 Å². The van der Waals surface area contributed by atoms with Gasteiger partial charge in [-0.2, -0.15) is 0 Å². The standard InChI is InChI=1S/C15H11BrClFO3/c1-21-15(20)8-2-4-10(12(16)6-8)14(19)11-5-3-9(18)7-13(11)17/h2-7,14,19H,1H3. The van der Waals surface area contributed by atoms with E-state index >= 15 is 0 Å². The van der Waals surface area contributed by atoms with Crippen LogP contribution in [0.3, 0.4) is 0 Å². The number of aliphatic hydroxyl groups is 1. The maximum absolute atomic E-state index is 13.0. The number of aliphatic hydroxyl groups excluding tert-OH is 1. The van der Waals surface area contributed by atoms with Gasteiger partial charge in [0.25, 0.3) is 0 Å². The summed E-state index contributed by atoms with van der Waals surface area (Å²) in [7, 11) is 1.29. The zero-order valence-electron chi connectivity index (χ0n) is 10.9. The number of methoxy groups -OCH3 is 1. The lowest BCUT2D eigenvalue weighted by Crippen LogP contribution is -2.05. The second kappa shape index (κ2) is 6.56. The molecule has 2 rings (SSSR count). The third-order valence-electron chi connectivity index (χ3n) is 2.97. The van der Waals surface area contributed by atoms with Gasteiger partial charge in [-0.3, -0.25) is 0 Å². The largest absolute Gasteiger partial charge is 0.465 e. The highest BCUT2D eigenvalue weighted by Gasteiger charge is 2.18. The summed E-state index contributed by atoms with van der Waals surface area (Å²) < 4.78 is 18.2. The minimum atomic E-state index is -1.04. The van der Waals surface area contributed by atoms with Gasteiger partial charge in [0.15, 0.2) is 0 Å². The van der Waals surface area contributed by atoms with Gasteiger partial charge in [0.1, 0.15) is 11.9 Å². The molecular weight excluding hydrogens is 363 g/mol. The van der Waals surface area contributed by atoms with Gasteiger partial charge in [-0.1, -0.05) is 39.7 Å². The summed E-state index contributed by atoms with van der Waals surface area (Å²) in [6.45, 7) is 0. The Morgan fingerprint density at radius 1 is 1.29 bits per heavy atom. The maximum Gasteiger partial charge on any atom is 0.337 e. The molecule has 1 N–H and O–H groups in total. The van der Waals surface area contributed by atoms with Crippen molar-refractivity contribution in [1.29, 1.82) is 0 Å². The number of hydrogen-bond donors (Lipinski definition) is 1. The Hall–Kier alpha value is -1.43. The van der Waals surface area contributed by atoms with Crippen LogP contribution in [-0.2, 0) is 4.74 Å². The Kier molecular flexibility index (Phi) is 4.98. The van der Waals surface area contributed by atoms with Crippen LogP contribution in [0.4, 0.5) is 4.39 Å². The second-order valence-corrected chi connectivity index (χ2v) is 5.56. The third-order valence-corrected chi connectivity index (χ3v) is 3.99. The fourth-order valence-corrected chi connectivity index (χ4v) is 2.75. The molecule has 110 valence electrons. The van der Waals surface area contributed by atoms with E-state index < -0.39 is 17.9 Å². The summed E-state index contributed by atoms with van der Waals surface area (Å²) in [5, 5.41) is 10.5. The molecule has 0 saturated heterocycles. The number of halogens is 3. The van der Waals surface area contributed by atoms with Crippen molar-refractivity contribution in [3.8, 4) is 0 Å². The molecule has 0 spiro atoms. The number of benzene rings is 2. The lowest BCUT2D eigenvalue weighted by atomic mass is 10.00. The zero-order valence-corrected chi connectivity index (χ0v) is 13.3. The summed E-state index contributed by atoms with van der Waals surface area (Å²) in [6.07, 6.45) is -1.04. The lowest BCUT2D eigenvalue weighted by Gasteiger charge is -2.15. The fraction of sp³-hybridized carbons (Fsp3) is 0.133. The van der Waals surface area contributed by atoms with Gasteiger partial charge < -0.3 is 9.84 Å². The molecule has 3 nitrogen and oxygen atoms in total. The first-order valence-electron chi connectivity index (χ1n) is 5.95. The smallest absolute Gasteiger partial charge is 0.337 e. The molecule has 0 aliphatic carbocycles. The molecule has 0 saturated carbocycles. The average molecular weight is 374 g/mol. The normalized spacial score (nSPS) is 12.0. The number of hydrogen-bond acceptors (Lipinski definition) is 3. The highest BCUT2D eigenvalue weighted by atomic mass is 79.9. The molecule has 0 aliphatic rings. The highest BCUT2D eigenvalue weighted by Crippen LogP contribution is 2.33. The predicted molar refractivity (Wildman–Crippen MR) is 81.0 cm³/mol. The Balaban J connectivity index is 2.39. The van der Waals surface area contributed by atoms with E-state index in [1.165, 1.54) is 25.3 Å². The molecular formula is C15H11BrClFO3. The molecule has 0 fully saturated rings. The summed E-state index contributed by atoms with van der Waals surface area (Å²) in [5.41, 5.74) is 1.24. The molecule has 2 aromatic rings. The van der Waals surface area contributed by atoms with Crippen LogP contribution in [0.25, 0.3) is 0 Å². The van der Waals surface area contributed by atoms with Crippen LogP contribution in [0.15, 0.2) is 40.9 Å². The van der Waals surface area contributed by atoms with Crippen molar-refractivity contribution in [2.75, 3.05) is 7.11 Å². The van der Waals surface area contributed by atoms with Crippen LogP contribution < -0.4 is 0 Å². The first kappa shape index (κ1) is 15.9. The van der Waals surface area contributed by atoms with Gasteiger partial charge in [0.05, 0.1) is 12.7 Å². The van der Waals surface area contributed by atoms with Gasteiger partial charge in [0, 0.05) is 15.1 Å². The first-order chi connectivity index (χ1) is 9.93. The Bertz CT molecular complexity index is 691. The summed E-state index contributed by atoms with van der Waals surface area (Å²) in [5.74, 6) is -0.951. The summed E-state index contributed by atoms with van der Waals surface area (Å²) in [4.78, 5) is 11.4. The molecule has 1 atom stereocenters. The van der Waals surface area contributed by atoms with E-state index in [1.807, 2.05) is 0 Å². The number of ether oxygens (including phenoxy) is 1. The van der Waals surface area contributed by atoms with Crippen LogP contribution in [0.2, 0.25) is 5.02 Å². The molecule has 0 aliphatic heterocycles. The van der Waals surface area contributed by atoms with Crippen molar-refractivity contribution >= 4 is 33.5 Å². The molecule has 21 heavy (non-hydrogen) atoms. The number of esters is 1. The molecule has 0 amide bonds. The molecule has 0 heterocycles. The third kappa shape index (κ3) is 3.43. The summed E-state index contributed by atoms with van der Waals surface area (Å²) in [6, 6.07) is 8.44. The van der Waals surface area contributed by atoms with E-state index in [-0.39, 0.29) is 5.02 Å². The van der Waals surface area contributed by atoms with Gasteiger partial charge in [-0.05, 0) is 29.8 Å². The van der Waals surface area contributed by atoms with Crippen LogP contribution >= 0.6 is 27.5 Å². The van der Waals surface area contributed by atoms with E-state index in [2.05, 4.69) is 20.7 Å². The van der Waals surface area contributed by atoms with Crippen molar-refractivity contribution in [2.24, 2.45) is 0 Å². The first-order valence-corrected chi connectivity index (χ1v) is 7.12. The van der Waals surface area contributed by atoms with E-state index in [0.29, 0.717) is 21.2 Å². The molecule has 1 unspecified atom stereocenters. The SMILES string of the molecule is COC(=O)c1ccc(C(O)c2ccc(F)cc2Cl)c(Br)c1. The van der Waals surface area contributed by atoms with Crippen LogP contribution in [-0.4, -0.2) is 18.2 Å². The highest BCUT2D eigenvalue weighted by molar-refractivity contribution is 9.10. The van der Waals surface area contributed by atoms with Crippen molar-refractivity contribution in [2.45, 2.75) is 6.10 Å². The van der Waals surface area contributed by atoms with Gasteiger partial charge in [-0.15, -0.1) is 0 Å². The fourth-order valence-electron chi connectivity index (χ4n) is 1.88. The summed E-state index contributed by atoms with van der Waals surface area (Å²) >= 11 is 9.24. The number of carbonyl (C=O) groups is 1. The molecule has 2 aromatic carbocycles. The molecule has 0 radical (unpaired) electrons. The van der Waals surface area contributed by atoms with Crippen molar-refractivity contribution in [1.82, 2.24) is 0 Å². The molecule has 6 heteroatoms. The van der Waals surface area contributed by atoms with Crippen molar-refractivity contribution in [3.05, 3.63) is 68.4 Å². The minimum absolute atomic E-state index is 0.131. The second-order valence-electron chi connectivity index (χ2n) is 4.30. The van der Waals surface area contributed by atoms with E-state index in [4.69, 9.17) is 11.6 Å². The van der Waals surface area contributed by atoms with Gasteiger partial charge >= 0.3 is 5.97 Å². The topological polar surface area (TPSA) is 46.5 Å². The van der Waals surface area contributed by atoms with Crippen LogP contribution in [0.1, 0.15) is 27.6 Å².